The van der Waals surface area contributed by atoms with E-state index in [9.17, 15) is 0 Å². The molecule has 3 aliphatic rings. The van der Waals surface area contributed by atoms with E-state index in [1.807, 2.05) is 0 Å². The molecule has 0 aromatic carbocycles. The molecule has 0 bridgehead atoms. The Morgan fingerprint density at radius 1 is 0.733 bits per heavy atom. The Kier molecular flexibility index (Phi) is 8.82. The third kappa shape index (κ3) is 6.28. The van der Waals surface area contributed by atoms with Crippen LogP contribution in [0.5, 0.6) is 0 Å². The van der Waals surface area contributed by atoms with Crippen molar-refractivity contribution < 1.29 is 0 Å². The number of rotatable bonds is 7. The highest BCUT2D eigenvalue weighted by Crippen LogP contribution is 2.51. The summed E-state index contributed by atoms with van der Waals surface area (Å²) >= 11 is 0. The molecule has 3 fully saturated rings. The SMILES string of the molecule is CCC1CC(C2CCCCC2)CC1C(C)C(C)C(C)C1CCC(CC(C)(C)C)CC1. The second-order valence-corrected chi connectivity index (χ2v) is 13.6. The predicted molar refractivity (Wildman–Crippen MR) is 134 cm³/mol. The van der Waals surface area contributed by atoms with Crippen molar-refractivity contribution in [2.45, 2.75) is 132 Å². The third-order valence-corrected chi connectivity index (χ3v) is 10.5. The van der Waals surface area contributed by atoms with Gasteiger partial charge in [0.1, 0.15) is 0 Å². The van der Waals surface area contributed by atoms with Crippen LogP contribution in [-0.4, -0.2) is 0 Å². The molecule has 0 radical (unpaired) electrons. The first-order chi connectivity index (χ1) is 14.2. The van der Waals surface area contributed by atoms with Gasteiger partial charge >= 0.3 is 0 Å². The first kappa shape index (κ1) is 24.6. The van der Waals surface area contributed by atoms with Gasteiger partial charge in [-0.2, -0.15) is 0 Å². The second-order valence-electron chi connectivity index (χ2n) is 13.6. The Morgan fingerprint density at radius 2 is 1.37 bits per heavy atom. The second kappa shape index (κ2) is 10.7. The normalized spacial score (nSPS) is 37.1. The molecule has 3 aliphatic carbocycles. The standard InChI is InChI=1S/C30H56/c1-8-25-18-28(27-12-10-9-11-13-27)19-29(25)23(4)21(2)22(3)26-16-14-24(15-17-26)20-30(5,6)7/h21-29H,8-20H2,1-7H3. The summed E-state index contributed by atoms with van der Waals surface area (Å²) in [7, 11) is 0. The maximum atomic E-state index is 2.66. The molecular weight excluding hydrogens is 360 g/mol. The molecule has 176 valence electrons. The van der Waals surface area contributed by atoms with Crippen molar-refractivity contribution in [3.8, 4) is 0 Å². The summed E-state index contributed by atoms with van der Waals surface area (Å²) in [5, 5.41) is 0. The van der Waals surface area contributed by atoms with Crippen LogP contribution in [0.15, 0.2) is 0 Å². The molecule has 0 heteroatoms. The van der Waals surface area contributed by atoms with Crippen molar-refractivity contribution in [2.75, 3.05) is 0 Å². The van der Waals surface area contributed by atoms with Crippen LogP contribution in [0.2, 0.25) is 0 Å². The number of hydrogen-bond donors (Lipinski definition) is 0. The predicted octanol–water partition coefficient (Wildman–Crippen LogP) is 9.77. The van der Waals surface area contributed by atoms with Crippen LogP contribution in [0, 0.1) is 58.7 Å². The highest BCUT2D eigenvalue weighted by Gasteiger charge is 2.42. The van der Waals surface area contributed by atoms with Crippen molar-refractivity contribution >= 4 is 0 Å². The van der Waals surface area contributed by atoms with E-state index in [0.29, 0.717) is 5.41 Å². The van der Waals surface area contributed by atoms with Gasteiger partial charge < -0.3 is 0 Å². The minimum absolute atomic E-state index is 0.511. The summed E-state index contributed by atoms with van der Waals surface area (Å²) in [6.07, 6.45) is 19.6. The molecule has 6 atom stereocenters. The van der Waals surface area contributed by atoms with E-state index in [0.717, 1.165) is 53.3 Å². The summed E-state index contributed by atoms with van der Waals surface area (Å²) in [4.78, 5) is 0. The van der Waals surface area contributed by atoms with Gasteiger partial charge in [-0.25, -0.2) is 0 Å². The van der Waals surface area contributed by atoms with E-state index >= 15 is 0 Å². The molecule has 0 aromatic heterocycles. The van der Waals surface area contributed by atoms with Crippen LogP contribution >= 0.6 is 0 Å². The largest absolute Gasteiger partial charge is 0.0651 e. The summed E-state index contributed by atoms with van der Waals surface area (Å²) < 4.78 is 0. The first-order valence-electron chi connectivity index (χ1n) is 14.2. The average molecular weight is 417 g/mol. The maximum absolute atomic E-state index is 2.66. The van der Waals surface area contributed by atoms with E-state index in [1.54, 1.807) is 25.7 Å². The molecule has 0 spiro atoms. The minimum Gasteiger partial charge on any atom is -0.0651 e. The molecule has 0 nitrogen and oxygen atoms in total. The molecule has 0 N–H and O–H groups in total. The molecule has 6 unspecified atom stereocenters. The van der Waals surface area contributed by atoms with Crippen molar-refractivity contribution in [3.05, 3.63) is 0 Å². The zero-order valence-electron chi connectivity index (χ0n) is 21.9. The van der Waals surface area contributed by atoms with Gasteiger partial charge in [0.2, 0.25) is 0 Å². The van der Waals surface area contributed by atoms with Crippen molar-refractivity contribution in [3.63, 3.8) is 0 Å². The topological polar surface area (TPSA) is 0 Å². The lowest BCUT2D eigenvalue weighted by molar-refractivity contribution is 0.0951. The van der Waals surface area contributed by atoms with E-state index in [1.165, 1.54) is 57.8 Å². The van der Waals surface area contributed by atoms with Crippen LogP contribution < -0.4 is 0 Å². The summed E-state index contributed by atoms with van der Waals surface area (Å²) in [5.41, 5.74) is 0.511. The average Bonchev–Trinajstić information content (AvgIpc) is 3.16. The molecule has 3 saturated carbocycles. The van der Waals surface area contributed by atoms with Gasteiger partial charge in [0.25, 0.3) is 0 Å². The molecule has 0 aliphatic heterocycles. The van der Waals surface area contributed by atoms with Crippen LogP contribution in [0.3, 0.4) is 0 Å². The molecule has 30 heavy (non-hydrogen) atoms. The van der Waals surface area contributed by atoms with Crippen LogP contribution in [0.25, 0.3) is 0 Å². The van der Waals surface area contributed by atoms with Gasteiger partial charge in [-0.05, 0) is 90.8 Å². The molecule has 0 saturated heterocycles. The molecular formula is C30H56. The fourth-order valence-corrected chi connectivity index (χ4v) is 8.39. The minimum atomic E-state index is 0.511. The van der Waals surface area contributed by atoms with E-state index < -0.39 is 0 Å². The Balaban J connectivity index is 1.53. The Hall–Kier alpha value is 0. The lowest BCUT2D eigenvalue weighted by Crippen LogP contribution is -2.32. The van der Waals surface area contributed by atoms with Crippen molar-refractivity contribution in [2.24, 2.45) is 58.7 Å². The first-order valence-corrected chi connectivity index (χ1v) is 14.2. The maximum Gasteiger partial charge on any atom is -0.0355 e. The van der Waals surface area contributed by atoms with Gasteiger partial charge in [0.15, 0.2) is 0 Å². The fraction of sp³-hybridized carbons (Fsp3) is 1.00. The summed E-state index contributed by atoms with van der Waals surface area (Å²) in [6, 6.07) is 0. The molecule has 3 rings (SSSR count). The Morgan fingerprint density at radius 3 is 1.93 bits per heavy atom. The lowest BCUT2D eigenvalue weighted by atomic mass is 9.65. The van der Waals surface area contributed by atoms with Gasteiger partial charge in [0, 0.05) is 0 Å². The highest BCUT2D eigenvalue weighted by atomic mass is 14.5. The van der Waals surface area contributed by atoms with E-state index in [4.69, 9.17) is 0 Å². The van der Waals surface area contributed by atoms with Gasteiger partial charge in [-0.15, -0.1) is 0 Å². The zero-order valence-corrected chi connectivity index (χ0v) is 21.9. The quantitative estimate of drug-likeness (QED) is 0.387. The van der Waals surface area contributed by atoms with Crippen LogP contribution in [0.4, 0.5) is 0 Å². The smallest absolute Gasteiger partial charge is 0.0355 e. The lowest BCUT2D eigenvalue weighted by Gasteiger charge is -2.40. The monoisotopic (exact) mass is 416 g/mol. The van der Waals surface area contributed by atoms with E-state index in [2.05, 4.69) is 48.5 Å². The van der Waals surface area contributed by atoms with Gasteiger partial charge in [-0.3, -0.25) is 0 Å². The van der Waals surface area contributed by atoms with Gasteiger partial charge in [0.05, 0.1) is 0 Å². The molecule has 0 amide bonds. The van der Waals surface area contributed by atoms with Crippen LogP contribution in [0.1, 0.15) is 132 Å². The number of hydrogen-bond acceptors (Lipinski definition) is 0. The summed E-state index contributed by atoms with van der Waals surface area (Å²) in [6.45, 7) is 17.7. The highest BCUT2D eigenvalue weighted by molar-refractivity contribution is 4.92. The Bertz CT molecular complexity index is 485. The molecule has 0 aromatic rings. The molecule has 0 heterocycles. The Labute approximate surface area is 190 Å². The third-order valence-electron chi connectivity index (χ3n) is 10.5. The van der Waals surface area contributed by atoms with E-state index in [-0.39, 0.29) is 0 Å². The fourth-order valence-electron chi connectivity index (χ4n) is 8.39. The zero-order chi connectivity index (χ0) is 21.9. The summed E-state index contributed by atoms with van der Waals surface area (Å²) in [5.74, 6) is 8.91. The van der Waals surface area contributed by atoms with Gasteiger partial charge in [-0.1, -0.05) is 99.8 Å². The van der Waals surface area contributed by atoms with Crippen LogP contribution in [-0.2, 0) is 0 Å². The van der Waals surface area contributed by atoms with Crippen molar-refractivity contribution in [1.29, 1.82) is 0 Å². The van der Waals surface area contributed by atoms with Crippen molar-refractivity contribution in [1.82, 2.24) is 0 Å².